The maximum atomic E-state index is 12.9. The van der Waals surface area contributed by atoms with Crippen molar-refractivity contribution in [2.75, 3.05) is 25.1 Å². The zero-order valence-corrected chi connectivity index (χ0v) is 14.5. The normalized spacial score (nSPS) is 11.0. The van der Waals surface area contributed by atoms with E-state index in [0.29, 0.717) is 11.4 Å². The molecule has 0 aliphatic heterocycles. The van der Waals surface area contributed by atoms with Crippen LogP contribution in [0.25, 0.3) is 0 Å². The Morgan fingerprint density at radius 1 is 1.00 bits per heavy atom. The van der Waals surface area contributed by atoms with Crippen molar-refractivity contribution in [3.05, 3.63) is 54.1 Å². The molecule has 0 unspecified atom stereocenters. The number of sulfonamides is 1. The second-order valence-electron chi connectivity index (χ2n) is 5.10. The van der Waals surface area contributed by atoms with Gasteiger partial charge in [0.05, 0.1) is 24.8 Å². The quantitative estimate of drug-likeness (QED) is 0.749. The van der Waals surface area contributed by atoms with Crippen LogP contribution in [0.5, 0.6) is 5.75 Å². The lowest BCUT2D eigenvalue weighted by atomic mass is 10.2. The van der Waals surface area contributed by atoms with Gasteiger partial charge in [-0.1, -0.05) is 17.7 Å². The Hall–Kier alpha value is -2.54. The van der Waals surface area contributed by atoms with Gasteiger partial charge in [-0.25, -0.2) is 8.42 Å². The molecule has 0 bridgehead atoms. The maximum absolute atomic E-state index is 12.9. The fourth-order valence-corrected chi connectivity index (χ4v) is 3.49. The molecule has 6 nitrogen and oxygen atoms in total. The highest BCUT2D eigenvalue weighted by Gasteiger charge is 2.27. The van der Waals surface area contributed by atoms with Gasteiger partial charge >= 0.3 is 5.97 Å². The van der Waals surface area contributed by atoms with Crippen molar-refractivity contribution in [1.29, 1.82) is 0 Å². The van der Waals surface area contributed by atoms with E-state index in [4.69, 9.17) is 4.74 Å². The first-order chi connectivity index (χ1) is 11.4. The van der Waals surface area contributed by atoms with E-state index in [1.165, 1.54) is 26.4 Å². The average Bonchev–Trinajstić information content (AvgIpc) is 2.59. The minimum Gasteiger partial charge on any atom is -0.497 e. The summed E-state index contributed by atoms with van der Waals surface area (Å²) < 4.78 is 36.6. The Kier molecular flexibility index (Phi) is 5.46. The third-order valence-corrected chi connectivity index (χ3v) is 5.26. The maximum Gasteiger partial charge on any atom is 0.326 e. The van der Waals surface area contributed by atoms with Crippen LogP contribution in [0.4, 0.5) is 5.69 Å². The highest BCUT2D eigenvalue weighted by molar-refractivity contribution is 7.92. The molecule has 2 aromatic carbocycles. The highest BCUT2D eigenvalue weighted by atomic mass is 32.2. The Balaban J connectivity index is 2.47. The summed E-state index contributed by atoms with van der Waals surface area (Å²) in [5.74, 6) is -0.0639. The number of hydrogen-bond acceptors (Lipinski definition) is 5. The fourth-order valence-electron chi connectivity index (χ4n) is 2.08. The number of anilines is 1. The molecule has 0 fully saturated rings. The predicted molar refractivity (Wildman–Crippen MR) is 90.7 cm³/mol. The molecular formula is C17H19NO5S. The van der Waals surface area contributed by atoms with Gasteiger partial charge in [-0.2, -0.15) is 0 Å². The minimum absolute atomic E-state index is 0.104. The van der Waals surface area contributed by atoms with E-state index in [1.807, 2.05) is 6.92 Å². The summed E-state index contributed by atoms with van der Waals surface area (Å²) in [5, 5.41) is 0. The lowest BCUT2D eigenvalue weighted by molar-refractivity contribution is -0.138. The number of nitrogens with zero attached hydrogens (tertiary/aromatic N) is 1. The first-order valence-corrected chi connectivity index (χ1v) is 8.63. The molecule has 0 N–H and O–H groups in total. The summed E-state index contributed by atoms with van der Waals surface area (Å²) in [6.45, 7) is 1.45. The molecule has 0 radical (unpaired) electrons. The molecule has 0 amide bonds. The van der Waals surface area contributed by atoms with Crippen LogP contribution in [0, 0.1) is 6.92 Å². The number of carbonyl (C=O) groups is 1. The van der Waals surface area contributed by atoms with Gasteiger partial charge in [0, 0.05) is 0 Å². The second kappa shape index (κ2) is 7.35. The summed E-state index contributed by atoms with van der Waals surface area (Å²) >= 11 is 0. The number of esters is 1. The smallest absolute Gasteiger partial charge is 0.326 e. The molecule has 2 aromatic rings. The standard InChI is InChI=1S/C17H19NO5S/c1-13-4-10-16(11-5-13)24(20,21)18(12-17(19)23-3)14-6-8-15(22-2)9-7-14/h4-11H,12H2,1-3H3. The first kappa shape index (κ1) is 17.8. The van der Waals surface area contributed by atoms with E-state index in [0.717, 1.165) is 9.87 Å². The van der Waals surface area contributed by atoms with Crippen LogP contribution in [-0.4, -0.2) is 35.2 Å². The zero-order chi connectivity index (χ0) is 17.7. The zero-order valence-electron chi connectivity index (χ0n) is 13.7. The molecule has 128 valence electrons. The van der Waals surface area contributed by atoms with Crippen LogP contribution < -0.4 is 9.04 Å². The van der Waals surface area contributed by atoms with Gasteiger partial charge < -0.3 is 9.47 Å². The number of rotatable bonds is 6. The van der Waals surface area contributed by atoms with Crippen molar-refractivity contribution >= 4 is 21.7 Å². The summed E-state index contributed by atoms with van der Waals surface area (Å²) in [4.78, 5) is 11.8. The summed E-state index contributed by atoms with van der Waals surface area (Å²) in [6.07, 6.45) is 0. The van der Waals surface area contributed by atoms with Gasteiger partial charge in [0.25, 0.3) is 10.0 Å². The molecule has 0 aliphatic carbocycles. The van der Waals surface area contributed by atoms with Gasteiger partial charge in [-0.15, -0.1) is 0 Å². The highest BCUT2D eigenvalue weighted by Crippen LogP contribution is 2.26. The second-order valence-corrected chi connectivity index (χ2v) is 6.96. The molecule has 0 saturated carbocycles. The van der Waals surface area contributed by atoms with Crippen LogP contribution >= 0.6 is 0 Å². The van der Waals surface area contributed by atoms with E-state index in [1.54, 1.807) is 36.4 Å². The number of ether oxygens (including phenoxy) is 2. The van der Waals surface area contributed by atoms with Crippen LogP contribution in [-0.2, 0) is 19.6 Å². The van der Waals surface area contributed by atoms with Gasteiger partial charge in [0.2, 0.25) is 0 Å². The van der Waals surface area contributed by atoms with Crippen molar-refractivity contribution in [2.45, 2.75) is 11.8 Å². The SMILES string of the molecule is COC(=O)CN(c1ccc(OC)cc1)S(=O)(=O)c1ccc(C)cc1. The van der Waals surface area contributed by atoms with Crippen LogP contribution in [0.3, 0.4) is 0 Å². The molecule has 24 heavy (non-hydrogen) atoms. The van der Waals surface area contributed by atoms with Gasteiger partial charge in [0.1, 0.15) is 12.3 Å². The largest absolute Gasteiger partial charge is 0.497 e. The van der Waals surface area contributed by atoms with Crippen LogP contribution in [0.1, 0.15) is 5.56 Å². The minimum atomic E-state index is -3.90. The Morgan fingerprint density at radius 3 is 2.08 bits per heavy atom. The lowest BCUT2D eigenvalue weighted by Gasteiger charge is -2.23. The molecule has 7 heteroatoms. The van der Waals surface area contributed by atoms with Crippen molar-refractivity contribution in [3.8, 4) is 5.75 Å². The topological polar surface area (TPSA) is 72.9 Å². The van der Waals surface area contributed by atoms with E-state index in [2.05, 4.69) is 4.74 Å². The molecule has 0 heterocycles. The van der Waals surface area contributed by atoms with E-state index in [-0.39, 0.29) is 4.90 Å². The van der Waals surface area contributed by atoms with E-state index in [9.17, 15) is 13.2 Å². The molecule has 0 spiro atoms. The number of carbonyl (C=O) groups excluding carboxylic acids is 1. The van der Waals surface area contributed by atoms with Gasteiger partial charge in [-0.05, 0) is 43.3 Å². The summed E-state index contributed by atoms with van der Waals surface area (Å²) in [7, 11) is -1.17. The van der Waals surface area contributed by atoms with Crippen LogP contribution in [0.2, 0.25) is 0 Å². The lowest BCUT2D eigenvalue weighted by Crippen LogP contribution is -2.36. The number of methoxy groups -OCH3 is 2. The molecule has 0 aromatic heterocycles. The number of benzene rings is 2. The van der Waals surface area contributed by atoms with Gasteiger partial charge in [0.15, 0.2) is 0 Å². The molecule has 0 aliphatic rings. The average molecular weight is 349 g/mol. The van der Waals surface area contributed by atoms with E-state index >= 15 is 0 Å². The Bertz CT molecular complexity index is 798. The monoisotopic (exact) mass is 349 g/mol. The first-order valence-electron chi connectivity index (χ1n) is 7.19. The fraction of sp³-hybridized carbons (Fsp3) is 0.235. The Labute approximate surface area is 141 Å². The van der Waals surface area contributed by atoms with Crippen molar-refractivity contribution < 1.29 is 22.7 Å². The predicted octanol–water partition coefficient (Wildman–Crippen LogP) is 2.37. The van der Waals surface area contributed by atoms with Crippen molar-refractivity contribution in [2.24, 2.45) is 0 Å². The number of hydrogen-bond donors (Lipinski definition) is 0. The van der Waals surface area contributed by atoms with E-state index < -0.39 is 22.5 Å². The van der Waals surface area contributed by atoms with Gasteiger partial charge in [-0.3, -0.25) is 9.10 Å². The molecule has 0 atom stereocenters. The summed E-state index contributed by atoms with van der Waals surface area (Å²) in [6, 6.07) is 12.8. The molecular weight excluding hydrogens is 330 g/mol. The Morgan fingerprint density at radius 2 is 1.58 bits per heavy atom. The molecule has 2 rings (SSSR count). The molecule has 0 saturated heterocycles. The third kappa shape index (κ3) is 3.86. The third-order valence-electron chi connectivity index (χ3n) is 3.47. The van der Waals surface area contributed by atoms with Crippen molar-refractivity contribution in [3.63, 3.8) is 0 Å². The van der Waals surface area contributed by atoms with Crippen molar-refractivity contribution in [1.82, 2.24) is 0 Å². The summed E-state index contributed by atoms with van der Waals surface area (Å²) in [5.41, 5.74) is 1.29. The van der Waals surface area contributed by atoms with Crippen LogP contribution in [0.15, 0.2) is 53.4 Å². The number of aryl methyl sites for hydroxylation is 1.